The third kappa shape index (κ3) is 3.57. The second kappa shape index (κ2) is 5.07. The summed E-state index contributed by atoms with van der Waals surface area (Å²) in [5, 5.41) is 0. The van der Waals surface area contributed by atoms with Crippen molar-refractivity contribution >= 4 is 25.5 Å². The molecule has 1 nitrogen and oxygen atoms in total. The van der Waals surface area contributed by atoms with E-state index in [0.717, 1.165) is 6.07 Å². The summed E-state index contributed by atoms with van der Waals surface area (Å²) in [5.74, 6) is 0. The van der Waals surface area contributed by atoms with Crippen molar-refractivity contribution in [3.63, 3.8) is 0 Å². The first-order valence-electron chi connectivity index (χ1n) is 4.25. The maximum atomic E-state index is 12.4. The molecule has 0 amide bonds. The van der Waals surface area contributed by atoms with Gasteiger partial charge < -0.3 is 0 Å². The standard InChI is InChI=1S/C10H11F3IN/c1-7(15-14-2)8-4-3-5-9(6-8)10(11,12)13/h3-7,15H,2H2,1H3/t7-/m1/s1. The molecule has 5 heteroatoms. The lowest BCUT2D eigenvalue weighted by molar-refractivity contribution is -0.137. The number of halogens is 4. The summed E-state index contributed by atoms with van der Waals surface area (Å²) in [5.41, 5.74) is 0.0455. The van der Waals surface area contributed by atoms with Crippen LogP contribution >= 0.6 is 21.0 Å². The van der Waals surface area contributed by atoms with Crippen LogP contribution in [0.5, 0.6) is 0 Å². The van der Waals surface area contributed by atoms with Gasteiger partial charge in [-0.2, -0.15) is 13.2 Å². The second-order valence-corrected chi connectivity index (χ2v) is 4.47. The molecule has 0 saturated heterocycles. The van der Waals surface area contributed by atoms with E-state index in [0.29, 0.717) is 5.56 Å². The van der Waals surface area contributed by atoms with E-state index in [-0.39, 0.29) is 27.0 Å². The Hall–Kier alpha value is -0.430. The number of rotatable bonds is 3. The van der Waals surface area contributed by atoms with Gasteiger partial charge in [-0.15, -0.1) is 0 Å². The molecule has 1 N–H and O–H groups in total. The Kier molecular flexibility index (Phi) is 4.27. The molecule has 0 aromatic heterocycles. The smallest absolute Gasteiger partial charge is 0.259 e. The summed E-state index contributed by atoms with van der Waals surface area (Å²) >= 11 is -0.379. The van der Waals surface area contributed by atoms with E-state index < -0.39 is 11.7 Å². The van der Waals surface area contributed by atoms with E-state index in [9.17, 15) is 13.2 Å². The molecule has 1 aromatic rings. The Morgan fingerprint density at radius 3 is 2.60 bits per heavy atom. The van der Waals surface area contributed by atoms with Gasteiger partial charge in [0.05, 0.1) is 5.56 Å². The second-order valence-electron chi connectivity index (χ2n) is 3.09. The summed E-state index contributed by atoms with van der Waals surface area (Å²) in [6.45, 7) is 1.83. The number of nitrogens with one attached hydrogen (secondary N) is 1. The molecule has 0 heterocycles. The van der Waals surface area contributed by atoms with Crippen LogP contribution in [-0.2, 0) is 6.18 Å². The maximum absolute atomic E-state index is 12.4. The Bertz CT molecular complexity index is 349. The van der Waals surface area contributed by atoms with Gasteiger partial charge in [-0.05, 0) is 45.6 Å². The molecule has 0 fully saturated rings. The molecule has 0 aliphatic rings. The van der Waals surface area contributed by atoms with Crippen LogP contribution in [0.3, 0.4) is 0 Å². The topological polar surface area (TPSA) is 12.0 Å². The first-order valence-corrected chi connectivity index (χ1v) is 6.85. The molecule has 15 heavy (non-hydrogen) atoms. The van der Waals surface area contributed by atoms with Gasteiger partial charge in [-0.3, -0.25) is 3.53 Å². The molecule has 0 saturated carbocycles. The molecule has 84 valence electrons. The summed E-state index contributed by atoms with van der Waals surface area (Å²) in [7, 11) is 0. The lowest BCUT2D eigenvalue weighted by Gasteiger charge is -2.13. The van der Waals surface area contributed by atoms with Crippen molar-refractivity contribution in [1.82, 2.24) is 3.53 Å². The molecule has 0 radical (unpaired) electrons. The van der Waals surface area contributed by atoms with Crippen LogP contribution in [0.4, 0.5) is 13.2 Å². The van der Waals surface area contributed by atoms with Crippen molar-refractivity contribution in [2.24, 2.45) is 0 Å². The molecule has 1 rings (SSSR count). The Balaban J connectivity index is 2.97. The van der Waals surface area contributed by atoms with Crippen LogP contribution < -0.4 is 3.53 Å². The van der Waals surface area contributed by atoms with Crippen molar-refractivity contribution in [3.05, 3.63) is 35.4 Å². The zero-order valence-corrected chi connectivity index (χ0v) is 10.3. The molecule has 0 bridgehead atoms. The van der Waals surface area contributed by atoms with Crippen LogP contribution in [0.25, 0.3) is 0 Å². The summed E-state index contributed by atoms with van der Waals surface area (Å²) in [4.78, 5) is 0. The monoisotopic (exact) mass is 329 g/mol. The molecule has 1 atom stereocenters. The van der Waals surface area contributed by atoms with Crippen molar-refractivity contribution in [2.75, 3.05) is 0 Å². The molecular formula is C10H11F3IN. The predicted octanol–water partition coefficient (Wildman–Crippen LogP) is 3.67. The van der Waals surface area contributed by atoms with E-state index in [4.69, 9.17) is 0 Å². The number of hydrogen-bond acceptors (Lipinski definition) is 1. The molecule has 0 aliphatic carbocycles. The molecular weight excluding hydrogens is 318 g/mol. The van der Waals surface area contributed by atoms with Gasteiger partial charge >= 0.3 is 6.18 Å². The molecule has 1 aromatic carbocycles. The van der Waals surface area contributed by atoms with E-state index in [1.54, 1.807) is 6.07 Å². The van der Waals surface area contributed by atoms with Crippen LogP contribution in [0.2, 0.25) is 0 Å². The van der Waals surface area contributed by atoms with E-state index >= 15 is 0 Å². The van der Waals surface area contributed by atoms with Crippen LogP contribution in [0.15, 0.2) is 24.3 Å². The average Bonchev–Trinajstić information content (AvgIpc) is 2.17. The molecule has 0 spiro atoms. The molecule has 0 unspecified atom stereocenters. The fourth-order valence-corrected chi connectivity index (χ4v) is 2.18. The van der Waals surface area contributed by atoms with Crippen LogP contribution in [0, 0.1) is 0 Å². The van der Waals surface area contributed by atoms with E-state index in [1.807, 2.05) is 6.92 Å². The highest BCUT2D eigenvalue weighted by molar-refractivity contribution is 14.2. The van der Waals surface area contributed by atoms with Gasteiger partial charge in [-0.1, -0.05) is 16.6 Å². The van der Waals surface area contributed by atoms with Crippen LogP contribution in [-0.4, -0.2) is 4.51 Å². The van der Waals surface area contributed by atoms with Crippen molar-refractivity contribution in [3.8, 4) is 0 Å². The van der Waals surface area contributed by atoms with Gasteiger partial charge in [0, 0.05) is 6.04 Å². The third-order valence-corrected chi connectivity index (χ3v) is 3.33. The Morgan fingerprint density at radius 1 is 1.40 bits per heavy atom. The largest absolute Gasteiger partial charge is 0.416 e. The lowest BCUT2D eigenvalue weighted by atomic mass is 10.1. The van der Waals surface area contributed by atoms with E-state index in [2.05, 4.69) is 8.04 Å². The van der Waals surface area contributed by atoms with Crippen LogP contribution in [0.1, 0.15) is 24.1 Å². The quantitative estimate of drug-likeness (QED) is 0.659. The summed E-state index contributed by atoms with van der Waals surface area (Å²) in [6.07, 6.45) is -4.27. The van der Waals surface area contributed by atoms with Gasteiger partial charge in [0.1, 0.15) is 0 Å². The highest BCUT2D eigenvalue weighted by atomic mass is 127. The van der Waals surface area contributed by atoms with Gasteiger partial charge in [-0.25, -0.2) is 0 Å². The zero-order valence-electron chi connectivity index (χ0n) is 8.11. The Labute approximate surface area is 96.8 Å². The lowest BCUT2D eigenvalue weighted by Crippen LogP contribution is -2.10. The Morgan fingerprint density at radius 2 is 2.07 bits per heavy atom. The summed E-state index contributed by atoms with van der Waals surface area (Å²) < 4.78 is 43.9. The minimum atomic E-state index is -4.27. The molecule has 0 aliphatic heterocycles. The first-order chi connectivity index (χ1) is 6.95. The summed E-state index contributed by atoms with van der Waals surface area (Å²) in [6, 6.07) is 5.30. The van der Waals surface area contributed by atoms with Gasteiger partial charge in [0.25, 0.3) is 0 Å². The highest BCUT2D eigenvalue weighted by Crippen LogP contribution is 2.30. The first kappa shape index (κ1) is 12.6. The number of alkyl halides is 3. The van der Waals surface area contributed by atoms with Crippen molar-refractivity contribution in [1.29, 1.82) is 0 Å². The maximum Gasteiger partial charge on any atom is 0.416 e. The number of benzene rings is 1. The SMILES string of the molecule is C=IN[C@H](C)c1cccc(C(F)(F)F)c1. The normalized spacial score (nSPS) is 13.9. The third-order valence-electron chi connectivity index (χ3n) is 1.95. The van der Waals surface area contributed by atoms with E-state index in [1.165, 1.54) is 12.1 Å². The fraction of sp³-hybridized carbons (Fsp3) is 0.300. The van der Waals surface area contributed by atoms with Crippen molar-refractivity contribution < 1.29 is 13.2 Å². The van der Waals surface area contributed by atoms with Crippen molar-refractivity contribution in [2.45, 2.75) is 19.1 Å². The zero-order chi connectivity index (χ0) is 11.5. The fourth-order valence-electron chi connectivity index (χ4n) is 1.16. The minimum Gasteiger partial charge on any atom is -0.259 e. The number of hydrogen-bond donors (Lipinski definition) is 1. The minimum absolute atomic E-state index is 0.0717. The highest BCUT2D eigenvalue weighted by Gasteiger charge is 2.30. The van der Waals surface area contributed by atoms with Gasteiger partial charge in [0.2, 0.25) is 0 Å². The predicted molar refractivity (Wildman–Crippen MR) is 64.1 cm³/mol. The van der Waals surface area contributed by atoms with Gasteiger partial charge in [0.15, 0.2) is 0 Å². The average molecular weight is 329 g/mol.